The zero-order valence-electron chi connectivity index (χ0n) is 17.3. The summed E-state index contributed by atoms with van der Waals surface area (Å²) in [5.74, 6) is -0.836. The van der Waals surface area contributed by atoms with Gasteiger partial charge in [0.25, 0.3) is 0 Å². The summed E-state index contributed by atoms with van der Waals surface area (Å²) in [6.45, 7) is 4.80. The molecule has 0 amide bonds. The smallest absolute Gasteiger partial charge is 0.303 e. The van der Waals surface area contributed by atoms with Crippen LogP contribution in [0.15, 0.2) is 23.8 Å². The molecule has 2 N–H and O–H groups in total. The molecule has 4 rings (SSSR count). The van der Waals surface area contributed by atoms with E-state index in [2.05, 4.69) is 6.92 Å². The molecule has 0 aromatic carbocycles. The van der Waals surface area contributed by atoms with E-state index >= 15 is 0 Å². The average molecular weight is 402 g/mol. The first-order chi connectivity index (χ1) is 13.5. The third-order valence-electron chi connectivity index (χ3n) is 8.52. The number of hydrogen-bond acceptors (Lipinski definition) is 6. The van der Waals surface area contributed by atoms with Crippen LogP contribution in [-0.4, -0.2) is 46.1 Å². The Hall–Kier alpha value is -1.79. The first-order valence-electron chi connectivity index (χ1n) is 10.5. The first kappa shape index (κ1) is 20.5. The Morgan fingerprint density at radius 1 is 1.28 bits per heavy atom. The summed E-state index contributed by atoms with van der Waals surface area (Å²) in [6.07, 6.45) is 7.50. The zero-order valence-corrected chi connectivity index (χ0v) is 17.3. The third kappa shape index (κ3) is 2.79. The Labute approximate surface area is 171 Å². The molecule has 158 valence electrons. The van der Waals surface area contributed by atoms with Crippen LogP contribution in [0.3, 0.4) is 0 Å². The molecule has 4 aliphatic carbocycles. The van der Waals surface area contributed by atoms with Gasteiger partial charge in [-0.3, -0.25) is 14.4 Å². The lowest BCUT2D eigenvalue weighted by atomic mass is 9.46. The predicted molar refractivity (Wildman–Crippen MR) is 105 cm³/mol. The van der Waals surface area contributed by atoms with E-state index in [1.165, 1.54) is 6.92 Å². The summed E-state index contributed by atoms with van der Waals surface area (Å²) >= 11 is 0. The van der Waals surface area contributed by atoms with Crippen molar-refractivity contribution in [1.29, 1.82) is 0 Å². The van der Waals surface area contributed by atoms with Gasteiger partial charge in [0, 0.05) is 23.7 Å². The second kappa shape index (κ2) is 6.61. The first-order valence-corrected chi connectivity index (χ1v) is 10.5. The van der Waals surface area contributed by atoms with E-state index in [-0.39, 0.29) is 29.0 Å². The lowest BCUT2D eigenvalue weighted by molar-refractivity contribution is -0.181. The lowest BCUT2D eigenvalue weighted by Gasteiger charge is -2.59. The van der Waals surface area contributed by atoms with E-state index in [0.29, 0.717) is 19.3 Å². The maximum atomic E-state index is 12.9. The summed E-state index contributed by atoms with van der Waals surface area (Å²) in [7, 11) is 0. The Morgan fingerprint density at radius 3 is 2.69 bits per heavy atom. The molecule has 0 heterocycles. The van der Waals surface area contributed by atoms with Crippen molar-refractivity contribution in [3.05, 3.63) is 23.8 Å². The number of aliphatic hydroxyl groups is 2. The minimum Gasteiger partial charge on any atom is -0.458 e. The minimum atomic E-state index is -1.60. The summed E-state index contributed by atoms with van der Waals surface area (Å²) in [5, 5.41) is 22.7. The highest BCUT2D eigenvalue weighted by molar-refractivity contribution is 6.01. The standard InChI is InChI=1S/C23H30O6/c1-13(24)29-12-19(27)23(28)9-7-17-16-5-4-14-10-15(25)6-8-21(14,2)20(16)18(26)11-22(17,23)3/h6,8,10,16-18,20,26,28H,4-5,7,9,11-12H2,1-3H3/t16-,17+,18-,20+,21-,22-,23-/m0/s1. The molecule has 0 aromatic rings. The second-order valence-corrected chi connectivity index (χ2v) is 9.81. The number of ketones is 2. The van der Waals surface area contributed by atoms with Crippen LogP contribution in [0.1, 0.15) is 52.9 Å². The van der Waals surface area contributed by atoms with Gasteiger partial charge in [-0.15, -0.1) is 0 Å². The van der Waals surface area contributed by atoms with E-state index in [1.807, 2.05) is 13.0 Å². The van der Waals surface area contributed by atoms with Gasteiger partial charge in [-0.1, -0.05) is 25.5 Å². The molecule has 0 bridgehead atoms. The molecular weight excluding hydrogens is 372 g/mol. The Kier molecular flexibility index (Phi) is 4.67. The van der Waals surface area contributed by atoms with Crippen LogP contribution in [0.5, 0.6) is 0 Å². The fourth-order valence-corrected chi connectivity index (χ4v) is 7.08. The molecule has 0 aromatic heterocycles. The quantitative estimate of drug-likeness (QED) is 0.702. The summed E-state index contributed by atoms with van der Waals surface area (Å²) in [6, 6.07) is 0. The van der Waals surface area contributed by atoms with Crippen LogP contribution < -0.4 is 0 Å². The van der Waals surface area contributed by atoms with Crippen molar-refractivity contribution in [2.45, 2.75) is 64.6 Å². The lowest BCUT2D eigenvalue weighted by Crippen LogP contribution is -2.61. The van der Waals surface area contributed by atoms with Gasteiger partial charge < -0.3 is 14.9 Å². The normalized spacial score (nSPS) is 45.7. The number of fused-ring (bicyclic) bond motifs is 5. The van der Waals surface area contributed by atoms with Gasteiger partial charge >= 0.3 is 5.97 Å². The van der Waals surface area contributed by atoms with Gasteiger partial charge in [0.15, 0.2) is 12.4 Å². The van der Waals surface area contributed by atoms with E-state index < -0.39 is 35.5 Å². The molecule has 3 saturated carbocycles. The highest BCUT2D eigenvalue weighted by atomic mass is 16.5. The fraction of sp³-hybridized carbons (Fsp3) is 0.696. The second-order valence-electron chi connectivity index (χ2n) is 9.81. The molecule has 0 unspecified atom stereocenters. The topological polar surface area (TPSA) is 101 Å². The number of Topliss-reactive ketones (excluding diaryl/α,β-unsaturated/α-hetero) is 1. The van der Waals surface area contributed by atoms with E-state index in [4.69, 9.17) is 4.74 Å². The SMILES string of the molecule is CC(=O)OCC(=O)[C@@]1(O)CC[C@@H]2[C@@H]3CCC4=CC(=O)C=C[C@]4(C)[C@H]3[C@@H](O)C[C@@]21C. The van der Waals surface area contributed by atoms with Crippen molar-refractivity contribution in [2.24, 2.45) is 28.6 Å². The van der Waals surface area contributed by atoms with E-state index in [0.717, 1.165) is 18.4 Å². The molecule has 0 spiro atoms. The van der Waals surface area contributed by atoms with Crippen molar-refractivity contribution in [2.75, 3.05) is 6.61 Å². The summed E-state index contributed by atoms with van der Waals surface area (Å²) in [4.78, 5) is 35.9. The molecule has 29 heavy (non-hydrogen) atoms. The average Bonchev–Trinajstić information content (AvgIpc) is 2.91. The van der Waals surface area contributed by atoms with Gasteiger partial charge in [-0.25, -0.2) is 0 Å². The van der Waals surface area contributed by atoms with Crippen LogP contribution in [0.2, 0.25) is 0 Å². The monoisotopic (exact) mass is 402 g/mol. The number of ether oxygens (including phenoxy) is 1. The third-order valence-corrected chi connectivity index (χ3v) is 8.52. The Morgan fingerprint density at radius 2 is 2.00 bits per heavy atom. The van der Waals surface area contributed by atoms with Crippen LogP contribution in [0.25, 0.3) is 0 Å². The van der Waals surface area contributed by atoms with Gasteiger partial charge in [0.2, 0.25) is 5.78 Å². The molecule has 0 aliphatic heterocycles. The highest BCUT2D eigenvalue weighted by Gasteiger charge is 2.68. The van der Waals surface area contributed by atoms with Gasteiger partial charge in [0.05, 0.1) is 6.10 Å². The number of aliphatic hydroxyl groups excluding tert-OH is 1. The van der Waals surface area contributed by atoms with Crippen molar-refractivity contribution in [1.82, 2.24) is 0 Å². The van der Waals surface area contributed by atoms with Crippen molar-refractivity contribution < 1.29 is 29.3 Å². The number of rotatable bonds is 3. The molecule has 6 heteroatoms. The molecule has 0 saturated heterocycles. The van der Waals surface area contributed by atoms with Crippen LogP contribution in [-0.2, 0) is 19.1 Å². The van der Waals surface area contributed by atoms with Crippen molar-refractivity contribution >= 4 is 17.5 Å². The highest BCUT2D eigenvalue weighted by Crippen LogP contribution is 2.67. The van der Waals surface area contributed by atoms with Crippen LogP contribution in [0.4, 0.5) is 0 Å². The molecule has 3 fully saturated rings. The summed E-state index contributed by atoms with van der Waals surface area (Å²) in [5.41, 5.74) is -1.67. The number of hydrogen-bond donors (Lipinski definition) is 2. The number of carbonyl (C=O) groups is 3. The minimum absolute atomic E-state index is 0.00243. The number of allylic oxidation sites excluding steroid dienone is 4. The van der Waals surface area contributed by atoms with Gasteiger partial charge in [-0.05, 0) is 56.1 Å². The summed E-state index contributed by atoms with van der Waals surface area (Å²) < 4.78 is 4.88. The molecular formula is C23H30O6. The number of esters is 1. The molecule has 6 nitrogen and oxygen atoms in total. The Balaban J connectivity index is 1.66. The fourth-order valence-electron chi connectivity index (χ4n) is 7.08. The van der Waals surface area contributed by atoms with Gasteiger partial charge in [-0.2, -0.15) is 0 Å². The maximum absolute atomic E-state index is 12.9. The largest absolute Gasteiger partial charge is 0.458 e. The van der Waals surface area contributed by atoms with E-state index in [9.17, 15) is 24.6 Å². The Bertz CT molecular complexity index is 827. The van der Waals surface area contributed by atoms with Crippen molar-refractivity contribution in [3.63, 3.8) is 0 Å². The van der Waals surface area contributed by atoms with Crippen molar-refractivity contribution in [3.8, 4) is 0 Å². The molecule has 0 radical (unpaired) electrons. The predicted octanol–water partition coefficient (Wildman–Crippen LogP) is 2.13. The van der Waals surface area contributed by atoms with E-state index in [1.54, 1.807) is 12.2 Å². The molecule has 7 atom stereocenters. The molecule has 4 aliphatic rings. The number of carbonyl (C=O) groups excluding carboxylic acids is 3. The van der Waals surface area contributed by atoms with Crippen LogP contribution >= 0.6 is 0 Å². The maximum Gasteiger partial charge on any atom is 0.303 e. The zero-order chi connectivity index (χ0) is 21.2. The van der Waals surface area contributed by atoms with Gasteiger partial charge in [0.1, 0.15) is 5.60 Å². The van der Waals surface area contributed by atoms with Crippen LogP contribution in [0, 0.1) is 28.6 Å².